The lowest BCUT2D eigenvalue weighted by Crippen LogP contribution is -2.32. The maximum absolute atomic E-state index is 12.1. The van der Waals surface area contributed by atoms with Crippen LogP contribution in [0.5, 0.6) is 0 Å². The molecule has 1 aromatic rings. The number of aromatic nitrogens is 1. The van der Waals surface area contributed by atoms with E-state index in [4.69, 9.17) is 14.3 Å². The van der Waals surface area contributed by atoms with Gasteiger partial charge in [0.15, 0.2) is 6.39 Å². The van der Waals surface area contributed by atoms with Gasteiger partial charge in [-0.3, -0.25) is 5.32 Å². The van der Waals surface area contributed by atoms with E-state index in [2.05, 4.69) is 4.98 Å². The van der Waals surface area contributed by atoms with Gasteiger partial charge in [-0.1, -0.05) is 20.8 Å². The fraction of sp³-hybridized carbons (Fsp3) is 0.533. The fourth-order valence-corrected chi connectivity index (χ4v) is 1.65. The van der Waals surface area contributed by atoms with Gasteiger partial charge >= 0.3 is 12.1 Å². The van der Waals surface area contributed by atoms with E-state index in [9.17, 15) is 9.59 Å². The molecule has 22 heavy (non-hydrogen) atoms. The largest absolute Gasteiger partial charge is 0.465 e. The lowest BCUT2D eigenvalue weighted by Gasteiger charge is -2.20. The maximum atomic E-state index is 12.1. The number of esters is 1. The van der Waals surface area contributed by atoms with Gasteiger partial charge in [0.05, 0.1) is 0 Å². The maximum Gasteiger partial charge on any atom is 0.409 e. The first kappa shape index (κ1) is 17.7. The van der Waals surface area contributed by atoms with Gasteiger partial charge in [0.1, 0.15) is 22.8 Å². The monoisotopic (exact) mass is 310 g/mol. The van der Waals surface area contributed by atoms with Crippen molar-refractivity contribution >= 4 is 18.1 Å². The molecule has 0 fully saturated rings. The Morgan fingerprint density at radius 3 is 2.32 bits per heavy atom. The van der Waals surface area contributed by atoms with Crippen LogP contribution in [0.4, 0.5) is 4.79 Å². The van der Waals surface area contributed by atoms with Gasteiger partial charge in [0.25, 0.3) is 0 Å². The molecule has 0 aliphatic heterocycles. The summed E-state index contributed by atoms with van der Waals surface area (Å²) < 4.78 is 10.5. The molecule has 0 spiro atoms. The van der Waals surface area contributed by atoms with Crippen molar-refractivity contribution < 1.29 is 23.8 Å². The van der Waals surface area contributed by atoms with Crippen molar-refractivity contribution in [3.63, 3.8) is 0 Å². The molecule has 0 bridgehead atoms. The highest BCUT2D eigenvalue weighted by molar-refractivity contribution is 5.96. The number of oxazole rings is 1. The molecule has 1 heterocycles. The zero-order valence-electron chi connectivity index (χ0n) is 13.7. The zero-order chi connectivity index (χ0) is 17.1. The van der Waals surface area contributed by atoms with Crippen LogP contribution in [0.25, 0.3) is 6.08 Å². The molecule has 1 amide bonds. The predicted molar refractivity (Wildman–Crippen MR) is 80.2 cm³/mol. The normalized spacial score (nSPS) is 12.9. The van der Waals surface area contributed by atoms with Crippen molar-refractivity contribution in [3.8, 4) is 0 Å². The van der Waals surface area contributed by atoms with E-state index in [0.29, 0.717) is 11.5 Å². The van der Waals surface area contributed by atoms with Crippen molar-refractivity contribution in [1.29, 1.82) is 0 Å². The second kappa shape index (κ2) is 6.21. The summed E-state index contributed by atoms with van der Waals surface area (Å²) in [6.45, 7) is 10.8. The number of carboxylic acid groups (broad SMARTS) is 1. The summed E-state index contributed by atoms with van der Waals surface area (Å²) in [7, 11) is 0. The molecule has 0 aliphatic carbocycles. The minimum atomic E-state index is -1.36. The highest BCUT2D eigenvalue weighted by atomic mass is 16.6. The van der Waals surface area contributed by atoms with Crippen LogP contribution in [-0.2, 0) is 14.9 Å². The van der Waals surface area contributed by atoms with Crippen LogP contribution in [-0.4, -0.2) is 27.8 Å². The number of nitrogens with one attached hydrogen (secondary N) is 1. The standard InChI is InChI=1S/C15H22N2O5/c1-14(2,3)11-9(16-8-21-11)7-10(17-13(19)20)12(18)22-15(4,5)6/h7-8,17H,1-6H3,(H,19,20). The van der Waals surface area contributed by atoms with E-state index in [1.54, 1.807) is 20.8 Å². The lowest BCUT2D eigenvalue weighted by atomic mass is 9.91. The number of hydrogen-bond donors (Lipinski definition) is 2. The first-order chi connectivity index (χ1) is 9.90. The third-order valence-electron chi connectivity index (χ3n) is 2.42. The zero-order valence-corrected chi connectivity index (χ0v) is 13.7. The molecule has 0 saturated heterocycles. The SMILES string of the molecule is CC(C)(C)OC(=O)C(=Cc1ncoc1C(C)(C)C)NC(=O)O. The number of ether oxygens (including phenoxy) is 1. The second-order valence-corrected chi connectivity index (χ2v) is 6.81. The number of carbonyl (C=O) groups is 2. The van der Waals surface area contributed by atoms with Crippen molar-refractivity contribution in [2.45, 2.75) is 52.6 Å². The minimum Gasteiger partial charge on any atom is -0.465 e. The summed E-state index contributed by atoms with van der Waals surface area (Å²) in [6.07, 6.45) is 1.20. The average molecular weight is 310 g/mol. The third-order valence-corrected chi connectivity index (χ3v) is 2.42. The first-order valence-corrected chi connectivity index (χ1v) is 6.79. The summed E-state index contributed by atoms with van der Waals surface area (Å²) in [4.78, 5) is 27.0. The van der Waals surface area contributed by atoms with Gasteiger partial charge in [-0.05, 0) is 26.8 Å². The van der Waals surface area contributed by atoms with Crippen molar-refractivity contribution in [2.24, 2.45) is 0 Å². The Morgan fingerprint density at radius 2 is 1.86 bits per heavy atom. The van der Waals surface area contributed by atoms with Crippen LogP contribution in [0, 0.1) is 0 Å². The molecule has 7 heteroatoms. The van der Waals surface area contributed by atoms with Crippen LogP contribution in [0.15, 0.2) is 16.5 Å². The molecule has 0 atom stereocenters. The van der Waals surface area contributed by atoms with E-state index >= 15 is 0 Å². The lowest BCUT2D eigenvalue weighted by molar-refractivity contribution is -0.150. The number of hydrogen-bond acceptors (Lipinski definition) is 5. The third kappa shape index (κ3) is 5.23. The fourth-order valence-electron chi connectivity index (χ4n) is 1.65. The molecule has 0 aliphatic rings. The van der Waals surface area contributed by atoms with Crippen molar-refractivity contribution in [1.82, 2.24) is 10.3 Å². The minimum absolute atomic E-state index is 0.221. The Hall–Kier alpha value is -2.31. The molecule has 1 aromatic heterocycles. The van der Waals surface area contributed by atoms with Crippen LogP contribution < -0.4 is 5.32 Å². The molecule has 1 rings (SSSR count). The van der Waals surface area contributed by atoms with Gasteiger partial charge in [0, 0.05) is 5.41 Å². The van der Waals surface area contributed by atoms with E-state index < -0.39 is 17.7 Å². The quantitative estimate of drug-likeness (QED) is 0.657. The second-order valence-electron chi connectivity index (χ2n) is 6.81. The Morgan fingerprint density at radius 1 is 1.27 bits per heavy atom. The van der Waals surface area contributed by atoms with Gasteiger partial charge in [-0.2, -0.15) is 0 Å². The number of amides is 1. The predicted octanol–water partition coefficient (Wildman–Crippen LogP) is 2.92. The summed E-state index contributed by atoms with van der Waals surface area (Å²) in [5.41, 5.74) is -0.929. The summed E-state index contributed by atoms with van der Waals surface area (Å²) in [6, 6.07) is 0. The molecular formula is C15H22N2O5. The van der Waals surface area contributed by atoms with E-state index in [1.807, 2.05) is 26.1 Å². The molecule has 0 unspecified atom stereocenters. The topological polar surface area (TPSA) is 102 Å². The molecule has 122 valence electrons. The van der Waals surface area contributed by atoms with Crippen molar-refractivity contribution in [2.75, 3.05) is 0 Å². The van der Waals surface area contributed by atoms with Gasteiger partial charge in [-0.15, -0.1) is 0 Å². The molecule has 0 saturated carbocycles. The van der Waals surface area contributed by atoms with Crippen molar-refractivity contribution in [3.05, 3.63) is 23.5 Å². The molecule has 0 radical (unpaired) electrons. The Balaban J connectivity index is 3.20. The highest BCUT2D eigenvalue weighted by Gasteiger charge is 2.25. The van der Waals surface area contributed by atoms with Crippen LogP contribution in [0.3, 0.4) is 0 Å². The van der Waals surface area contributed by atoms with Crippen LogP contribution >= 0.6 is 0 Å². The van der Waals surface area contributed by atoms with E-state index in [-0.39, 0.29) is 11.1 Å². The van der Waals surface area contributed by atoms with Crippen LogP contribution in [0.2, 0.25) is 0 Å². The average Bonchev–Trinajstić information content (AvgIpc) is 2.72. The number of rotatable bonds is 3. The Labute approximate surface area is 129 Å². The smallest absolute Gasteiger partial charge is 0.409 e. The van der Waals surface area contributed by atoms with Crippen LogP contribution in [0.1, 0.15) is 53.0 Å². The van der Waals surface area contributed by atoms with E-state index in [0.717, 1.165) is 0 Å². The Kier molecular flexibility index (Phi) is 5.01. The van der Waals surface area contributed by atoms with Gasteiger partial charge in [0.2, 0.25) is 0 Å². The summed E-state index contributed by atoms with van der Waals surface area (Å²) in [5.74, 6) is -0.237. The number of carbonyl (C=O) groups excluding carboxylic acids is 1. The van der Waals surface area contributed by atoms with E-state index in [1.165, 1.54) is 12.5 Å². The Bertz CT molecular complexity index is 588. The molecule has 2 N–H and O–H groups in total. The van der Waals surface area contributed by atoms with Gasteiger partial charge in [-0.25, -0.2) is 14.6 Å². The number of nitrogens with zero attached hydrogens (tertiary/aromatic N) is 1. The molecule has 7 nitrogen and oxygen atoms in total. The first-order valence-electron chi connectivity index (χ1n) is 6.79. The van der Waals surface area contributed by atoms with Gasteiger partial charge < -0.3 is 14.3 Å². The summed E-state index contributed by atoms with van der Waals surface area (Å²) >= 11 is 0. The molecule has 0 aromatic carbocycles. The molecular weight excluding hydrogens is 288 g/mol. The summed E-state index contributed by atoms with van der Waals surface area (Å²) in [5, 5.41) is 10.9. The highest BCUT2D eigenvalue weighted by Crippen LogP contribution is 2.26.